The van der Waals surface area contributed by atoms with Crippen LogP contribution in [0.3, 0.4) is 0 Å². The highest BCUT2D eigenvalue weighted by atomic mass is 19.4. The summed E-state index contributed by atoms with van der Waals surface area (Å²) in [5.74, 6) is 0. The van der Waals surface area contributed by atoms with Crippen LogP contribution in [0.2, 0.25) is 0 Å². The predicted octanol–water partition coefficient (Wildman–Crippen LogP) is 2.33. The molecule has 0 radical (unpaired) electrons. The third-order valence-corrected chi connectivity index (χ3v) is 2.18. The lowest BCUT2D eigenvalue weighted by atomic mass is 10.2. The first kappa shape index (κ1) is 12.1. The Morgan fingerprint density at radius 1 is 1.33 bits per heavy atom. The highest BCUT2D eigenvalue weighted by Crippen LogP contribution is 2.21. The maximum Gasteiger partial charge on any atom is 0.389 e. The monoisotopic (exact) mass is 220 g/mol. The highest BCUT2D eigenvalue weighted by Gasteiger charge is 2.25. The highest BCUT2D eigenvalue weighted by molar-refractivity contribution is 5.07. The van der Waals surface area contributed by atoms with Gasteiger partial charge < -0.3 is 10.3 Å². The number of aromatic nitrogens is 1. The molecule has 0 unspecified atom stereocenters. The van der Waals surface area contributed by atoms with Crippen molar-refractivity contribution < 1.29 is 13.2 Å². The van der Waals surface area contributed by atoms with Crippen molar-refractivity contribution >= 4 is 0 Å². The summed E-state index contributed by atoms with van der Waals surface area (Å²) < 4.78 is 37.5. The Bertz CT molecular complexity index is 291. The molecule has 5 heteroatoms. The molecule has 2 nitrogen and oxygen atoms in total. The van der Waals surface area contributed by atoms with E-state index < -0.39 is 12.6 Å². The maximum atomic E-state index is 11.9. The molecule has 0 aliphatic carbocycles. The molecular weight excluding hydrogens is 205 g/mol. The fourth-order valence-corrected chi connectivity index (χ4v) is 1.49. The molecule has 15 heavy (non-hydrogen) atoms. The summed E-state index contributed by atoms with van der Waals surface area (Å²) in [6, 6.07) is 3.72. The molecule has 0 aliphatic rings. The van der Waals surface area contributed by atoms with Crippen molar-refractivity contribution in [3.8, 4) is 0 Å². The van der Waals surface area contributed by atoms with Gasteiger partial charge >= 0.3 is 6.18 Å². The SMILES string of the molecule is NCCc1cccn1CCCC(F)(F)F. The second-order valence-corrected chi connectivity index (χ2v) is 3.45. The summed E-state index contributed by atoms with van der Waals surface area (Å²) in [6.07, 6.45) is -2.16. The van der Waals surface area contributed by atoms with Gasteiger partial charge in [0.15, 0.2) is 0 Å². The number of nitrogens with two attached hydrogens (primary N) is 1. The average Bonchev–Trinajstić information content (AvgIpc) is 2.51. The summed E-state index contributed by atoms with van der Waals surface area (Å²) in [7, 11) is 0. The fraction of sp³-hybridized carbons (Fsp3) is 0.600. The molecule has 2 N–H and O–H groups in total. The van der Waals surface area contributed by atoms with Gasteiger partial charge in [-0.15, -0.1) is 0 Å². The van der Waals surface area contributed by atoms with Crippen LogP contribution >= 0.6 is 0 Å². The van der Waals surface area contributed by atoms with E-state index in [-0.39, 0.29) is 6.42 Å². The molecule has 1 rings (SSSR count). The second kappa shape index (κ2) is 5.21. The van der Waals surface area contributed by atoms with Gasteiger partial charge in [-0.25, -0.2) is 0 Å². The lowest BCUT2D eigenvalue weighted by molar-refractivity contribution is -0.135. The fourth-order valence-electron chi connectivity index (χ4n) is 1.49. The minimum absolute atomic E-state index is 0.121. The van der Waals surface area contributed by atoms with Crippen molar-refractivity contribution in [3.05, 3.63) is 24.0 Å². The van der Waals surface area contributed by atoms with Crippen molar-refractivity contribution in [1.82, 2.24) is 4.57 Å². The third kappa shape index (κ3) is 4.38. The number of hydrogen-bond donors (Lipinski definition) is 1. The first-order valence-electron chi connectivity index (χ1n) is 4.94. The number of hydrogen-bond acceptors (Lipinski definition) is 1. The maximum absolute atomic E-state index is 11.9. The number of alkyl halides is 3. The van der Waals surface area contributed by atoms with Gasteiger partial charge in [0.2, 0.25) is 0 Å². The van der Waals surface area contributed by atoms with Gasteiger partial charge in [0.05, 0.1) is 0 Å². The van der Waals surface area contributed by atoms with Crippen LogP contribution in [0.1, 0.15) is 18.5 Å². The Morgan fingerprint density at radius 2 is 2.07 bits per heavy atom. The normalized spacial score (nSPS) is 12.0. The summed E-state index contributed by atoms with van der Waals surface area (Å²) in [6.45, 7) is 0.922. The number of halogens is 3. The van der Waals surface area contributed by atoms with Gasteiger partial charge in [-0.1, -0.05) is 0 Å². The van der Waals surface area contributed by atoms with Crippen LogP contribution in [0.5, 0.6) is 0 Å². The lowest BCUT2D eigenvalue weighted by Crippen LogP contribution is -2.12. The summed E-state index contributed by atoms with van der Waals surface area (Å²) in [5.41, 5.74) is 6.39. The summed E-state index contributed by atoms with van der Waals surface area (Å²) in [4.78, 5) is 0. The number of rotatable bonds is 5. The van der Waals surface area contributed by atoms with E-state index in [0.29, 0.717) is 19.5 Å². The van der Waals surface area contributed by atoms with Crippen LogP contribution < -0.4 is 5.73 Å². The Labute approximate surface area is 86.9 Å². The van der Waals surface area contributed by atoms with Crippen molar-refractivity contribution in [2.24, 2.45) is 5.73 Å². The molecule has 86 valence electrons. The van der Waals surface area contributed by atoms with Crippen LogP contribution in [0, 0.1) is 0 Å². The van der Waals surface area contributed by atoms with Gasteiger partial charge in [-0.3, -0.25) is 0 Å². The quantitative estimate of drug-likeness (QED) is 0.811. The Morgan fingerprint density at radius 3 is 2.67 bits per heavy atom. The Kier molecular flexibility index (Phi) is 4.20. The molecule has 1 aromatic heterocycles. The molecule has 0 aromatic carbocycles. The largest absolute Gasteiger partial charge is 0.389 e. The third-order valence-electron chi connectivity index (χ3n) is 2.18. The van der Waals surface area contributed by atoms with Crippen molar-refractivity contribution in [3.63, 3.8) is 0 Å². The first-order chi connectivity index (χ1) is 7.03. The molecule has 0 aliphatic heterocycles. The van der Waals surface area contributed by atoms with Crippen LogP contribution in [-0.4, -0.2) is 17.3 Å². The molecule has 0 fully saturated rings. The van der Waals surface area contributed by atoms with E-state index in [1.54, 1.807) is 6.20 Å². The van der Waals surface area contributed by atoms with E-state index in [0.717, 1.165) is 5.69 Å². The summed E-state index contributed by atoms with van der Waals surface area (Å²) >= 11 is 0. The zero-order chi connectivity index (χ0) is 11.3. The van der Waals surface area contributed by atoms with E-state index in [9.17, 15) is 13.2 Å². The number of aryl methyl sites for hydroxylation is 1. The van der Waals surface area contributed by atoms with Gasteiger partial charge in [0.1, 0.15) is 0 Å². The molecule has 0 atom stereocenters. The van der Waals surface area contributed by atoms with Crippen molar-refractivity contribution in [2.45, 2.75) is 32.0 Å². The zero-order valence-electron chi connectivity index (χ0n) is 8.43. The first-order valence-corrected chi connectivity index (χ1v) is 4.94. The minimum atomic E-state index is -4.05. The second-order valence-electron chi connectivity index (χ2n) is 3.45. The van der Waals surface area contributed by atoms with Crippen molar-refractivity contribution in [2.75, 3.05) is 6.54 Å². The van der Waals surface area contributed by atoms with Crippen LogP contribution in [0.4, 0.5) is 13.2 Å². The van der Waals surface area contributed by atoms with Crippen LogP contribution in [0.25, 0.3) is 0 Å². The molecule has 0 bridgehead atoms. The smallest absolute Gasteiger partial charge is 0.351 e. The van der Waals surface area contributed by atoms with E-state index in [2.05, 4.69) is 0 Å². The van der Waals surface area contributed by atoms with Gasteiger partial charge in [0, 0.05) is 24.9 Å². The van der Waals surface area contributed by atoms with Gasteiger partial charge in [0.25, 0.3) is 0 Å². The van der Waals surface area contributed by atoms with Crippen LogP contribution in [-0.2, 0) is 13.0 Å². The standard InChI is InChI=1S/C10H15F3N2/c11-10(12,13)5-2-8-15-7-1-3-9(15)4-6-14/h1,3,7H,2,4-6,8,14H2. The molecule has 1 heterocycles. The number of nitrogens with zero attached hydrogens (tertiary/aromatic N) is 1. The topological polar surface area (TPSA) is 30.9 Å². The van der Waals surface area contributed by atoms with Gasteiger partial charge in [-0.05, 0) is 31.5 Å². The van der Waals surface area contributed by atoms with Crippen molar-refractivity contribution in [1.29, 1.82) is 0 Å². The molecule has 0 saturated carbocycles. The Hall–Kier alpha value is -0.970. The summed E-state index contributed by atoms with van der Waals surface area (Å²) in [5, 5.41) is 0. The predicted molar refractivity (Wildman–Crippen MR) is 52.5 cm³/mol. The van der Waals surface area contributed by atoms with E-state index >= 15 is 0 Å². The molecular formula is C10H15F3N2. The van der Waals surface area contributed by atoms with E-state index in [1.165, 1.54) is 0 Å². The van der Waals surface area contributed by atoms with E-state index in [4.69, 9.17) is 5.73 Å². The zero-order valence-corrected chi connectivity index (χ0v) is 8.43. The van der Waals surface area contributed by atoms with Gasteiger partial charge in [-0.2, -0.15) is 13.2 Å². The van der Waals surface area contributed by atoms with Crippen LogP contribution in [0.15, 0.2) is 18.3 Å². The molecule has 0 spiro atoms. The molecule has 0 amide bonds. The Balaban J connectivity index is 2.40. The molecule has 1 aromatic rings. The van der Waals surface area contributed by atoms with E-state index in [1.807, 2.05) is 16.7 Å². The lowest BCUT2D eigenvalue weighted by Gasteiger charge is -2.09. The average molecular weight is 220 g/mol. The molecule has 0 saturated heterocycles. The minimum Gasteiger partial charge on any atom is -0.351 e.